The summed E-state index contributed by atoms with van der Waals surface area (Å²) in [6.07, 6.45) is 4.40. The number of nitrogens with zero attached hydrogens (tertiary/aromatic N) is 3. The molecule has 1 saturated heterocycles. The summed E-state index contributed by atoms with van der Waals surface area (Å²) >= 11 is 1.85. The van der Waals surface area contributed by atoms with Gasteiger partial charge in [-0.25, -0.2) is 9.97 Å². The molecule has 1 unspecified atom stereocenters. The minimum atomic E-state index is 0.565. The van der Waals surface area contributed by atoms with E-state index >= 15 is 0 Å². The molecule has 1 fully saturated rings. The number of thiophene rings is 1. The van der Waals surface area contributed by atoms with E-state index in [1.807, 2.05) is 24.5 Å². The van der Waals surface area contributed by atoms with Crippen LogP contribution < -0.4 is 0 Å². The van der Waals surface area contributed by atoms with Gasteiger partial charge in [-0.05, 0) is 43.8 Å². The van der Waals surface area contributed by atoms with Crippen molar-refractivity contribution in [2.75, 3.05) is 13.1 Å². The predicted molar refractivity (Wildman–Crippen MR) is 78.3 cm³/mol. The lowest BCUT2D eigenvalue weighted by atomic mass is 9.94. The second kappa shape index (κ2) is 5.80. The summed E-state index contributed by atoms with van der Waals surface area (Å²) in [7, 11) is 0. The molecular formula is C15H19N3S. The van der Waals surface area contributed by atoms with E-state index in [-0.39, 0.29) is 0 Å². The Labute approximate surface area is 118 Å². The van der Waals surface area contributed by atoms with E-state index in [0.29, 0.717) is 5.92 Å². The number of hydrogen-bond acceptors (Lipinski definition) is 4. The summed E-state index contributed by atoms with van der Waals surface area (Å²) in [5, 5.41) is 2.16. The van der Waals surface area contributed by atoms with Gasteiger partial charge in [0.2, 0.25) is 0 Å². The normalized spacial score (nSPS) is 20.6. The molecule has 0 saturated carbocycles. The lowest BCUT2D eigenvalue weighted by Gasteiger charge is -2.32. The summed E-state index contributed by atoms with van der Waals surface area (Å²) in [5.41, 5.74) is 1.21. The number of aryl methyl sites for hydroxylation is 1. The molecule has 4 heteroatoms. The van der Waals surface area contributed by atoms with Crippen LogP contribution in [-0.4, -0.2) is 28.0 Å². The zero-order valence-electron chi connectivity index (χ0n) is 11.2. The Hall–Kier alpha value is -1.26. The van der Waals surface area contributed by atoms with Crippen LogP contribution in [0.2, 0.25) is 0 Å². The second-order valence-electron chi connectivity index (χ2n) is 5.18. The van der Waals surface area contributed by atoms with Crippen molar-refractivity contribution in [3.8, 4) is 0 Å². The van der Waals surface area contributed by atoms with Gasteiger partial charge in [0.25, 0.3) is 0 Å². The maximum atomic E-state index is 4.59. The summed E-state index contributed by atoms with van der Waals surface area (Å²) < 4.78 is 0. The highest BCUT2D eigenvalue weighted by Gasteiger charge is 2.22. The third kappa shape index (κ3) is 3.19. The molecule has 0 amide bonds. The molecule has 0 spiro atoms. The number of likely N-dealkylation sites (tertiary alicyclic amines) is 1. The van der Waals surface area contributed by atoms with E-state index in [4.69, 9.17) is 0 Å². The predicted octanol–water partition coefficient (Wildman–Crippen LogP) is 3.23. The number of rotatable bonds is 3. The Morgan fingerprint density at radius 2 is 2.37 bits per heavy atom. The van der Waals surface area contributed by atoms with Crippen molar-refractivity contribution in [2.24, 2.45) is 0 Å². The van der Waals surface area contributed by atoms with Crippen LogP contribution in [0.3, 0.4) is 0 Å². The van der Waals surface area contributed by atoms with E-state index in [0.717, 1.165) is 18.9 Å². The van der Waals surface area contributed by atoms with Crippen molar-refractivity contribution < 1.29 is 0 Å². The lowest BCUT2D eigenvalue weighted by Crippen LogP contribution is -2.34. The summed E-state index contributed by atoms with van der Waals surface area (Å²) in [6, 6.07) is 6.44. The average Bonchev–Trinajstić information content (AvgIpc) is 2.92. The zero-order chi connectivity index (χ0) is 13.1. The van der Waals surface area contributed by atoms with Crippen LogP contribution in [0.25, 0.3) is 0 Å². The highest BCUT2D eigenvalue weighted by atomic mass is 32.1. The van der Waals surface area contributed by atoms with Gasteiger partial charge in [-0.3, -0.25) is 4.90 Å². The molecule has 0 bridgehead atoms. The van der Waals surface area contributed by atoms with Crippen molar-refractivity contribution in [1.29, 1.82) is 0 Å². The van der Waals surface area contributed by atoms with E-state index in [9.17, 15) is 0 Å². The van der Waals surface area contributed by atoms with E-state index < -0.39 is 0 Å². The fourth-order valence-electron chi connectivity index (χ4n) is 2.77. The molecule has 19 heavy (non-hydrogen) atoms. The minimum Gasteiger partial charge on any atom is -0.298 e. The zero-order valence-corrected chi connectivity index (χ0v) is 12.1. The third-order valence-corrected chi connectivity index (χ3v) is 4.54. The molecule has 1 atom stereocenters. The molecule has 2 aromatic rings. The maximum absolute atomic E-state index is 4.59. The first kappa shape index (κ1) is 12.8. The van der Waals surface area contributed by atoms with E-state index in [2.05, 4.69) is 38.4 Å². The Balaban J connectivity index is 1.67. The van der Waals surface area contributed by atoms with Crippen LogP contribution in [0.1, 0.15) is 35.2 Å². The SMILES string of the molecule is Cc1nccc(C2CCCN(Cc3cccs3)C2)n1. The first-order valence-electron chi connectivity index (χ1n) is 6.85. The van der Waals surface area contributed by atoms with E-state index in [1.54, 1.807) is 0 Å². The molecular weight excluding hydrogens is 254 g/mol. The number of hydrogen-bond donors (Lipinski definition) is 0. The average molecular weight is 273 g/mol. The minimum absolute atomic E-state index is 0.565. The van der Waals surface area contributed by atoms with Gasteiger partial charge < -0.3 is 0 Å². The summed E-state index contributed by atoms with van der Waals surface area (Å²) in [6.45, 7) is 5.38. The second-order valence-corrected chi connectivity index (χ2v) is 6.21. The van der Waals surface area contributed by atoms with Crippen molar-refractivity contribution in [3.05, 3.63) is 46.2 Å². The van der Waals surface area contributed by atoms with Gasteiger partial charge in [-0.2, -0.15) is 0 Å². The summed E-state index contributed by atoms with van der Waals surface area (Å²) in [4.78, 5) is 12.8. The Morgan fingerprint density at radius 1 is 1.42 bits per heavy atom. The van der Waals surface area contributed by atoms with Crippen LogP contribution in [-0.2, 0) is 6.54 Å². The molecule has 3 nitrogen and oxygen atoms in total. The number of aromatic nitrogens is 2. The third-order valence-electron chi connectivity index (χ3n) is 3.68. The van der Waals surface area contributed by atoms with Crippen LogP contribution >= 0.6 is 11.3 Å². The standard InChI is InChI=1S/C15H19N3S/c1-12-16-7-6-15(17-12)13-4-2-8-18(10-13)11-14-5-3-9-19-14/h3,5-7,9,13H,2,4,8,10-11H2,1H3. The fraction of sp³-hybridized carbons (Fsp3) is 0.467. The van der Waals surface area contributed by atoms with Gasteiger partial charge >= 0.3 is 0 Å². The van der Waals surface area contributed by atoms with Crippen molar-refractivity contribution in [3.63, 3.8) is 0 Å². The van der Waals surface area contributed by atoms with Crippen molar-refractivity contribution in [1.82, 2.24) is 14.9 Å². The van der Waals surface area contributed by atoms with Crippen molar-refractivity contribution in [2.45, 2.75) is 32.2 Å². The lowest BCUT2D eigenvalue weighted by molar-refractivity contribution is 0.200. The first-order chi connectivity index (χ1) is 9.31. The van der Waals surface area contributed by atoms with Crippen LogP contribution in [0.5, 0.6) is 0 Å². The van der Waals surface area contributed by atoms with Crippen LogP contribution in [0.15, 0.2) is 29.8 Å². The monoisotopic (exact) mass is 273 g/mol. The molecule has 0 aromatic carbocycles. The summed E-state index contributed by atoms with van der Waals surface area (Å²) in [5.74, 6) is 1.45. The van der Waals surface area contributed by atoms with Gasteiger partial charge in [0.1, 0.15) is 5.82 Å². The molecule has 0 aliphatic carbocycles. The Kier molecular flexibility index (Phi) is 3.89. The Morgan fingerprint density at radius 3 is 3.16 bits per heavy atom. The van der Waals surface area contributed by atoms with Gasteiger partial charge in [0.05, 0.1) is 0 Å². The maximum Gasteiger partial charge on any atom is 0.125 e. The molecule has 0 N–H and O–H groups in total. The molecule has 100 valence electrons. The van der Waals surface area contributed by atoms with Gasteiger partial charge in [-0.15, -0.1) is 11.3 Å². The number of piperidine rings is 1. The fourth-order valence-corrected chi connectivity index (χ4v) is 3.51. The molecule has 3 rings (SSSR count). The molecule has 1 aliphatic rings. The molecule has 2 aromatic heterocycles. The molecule has 0 radical (unpaired) electrons. The Bertz CT molecular complexity index is 524. The van der Waals surface area contributed by atoms with Gasteiger partial charge in [0.15, 0.2) is 0 Å². The molecule has 3 heterocycles. The van der Waals surface area contributed by atoms with Gasteiger partial charge in [-0.1, -0.05) is 6.07 Å². The smallest absolute Gasteiger partial charge is 0.125 e. The van der Waals surface area contributed by atoms with Crippen LogP contribution in [0, 0.1) is 6.92 Å². The van der Waals surface area contributed by atoms with Crippen molar-refractivity contribution >= 4 is 11.3 Å². The topological polar surface area (TPSA) is 29.0 Å². The van der Waals surface area contributed by atoms with E-state index in [1.165, 1.54) is 30.0 Å². The molecule has 1 aliphatic heterocycles. The quantitative estimate of drug-likeness (QED) is 0.859. The highest BCUT2D eigenvalue weighted by Crippen LogP contribution is 2.26. The first-order valence-corrected chi connectivity index (χ1v) is 7.73. The highest BCUT2D eigenvalue weighted by molar-refractivity contribution is 7.09. The van der Waals surface area contributed by atoms with Crippen LogP contribution in [0.4, 0.5) is 0 Å². The largest absolute Gasteiger partial charge is 0.298 e. The van der Waals surface area contributed by atoms with Gasteiger partial charge in [0, 0.05) is 35.8 Å².